The topological polar surface area (TPSA) is 61.7 Å². The monoisotopic (exact) mass is 259 g/mol. The highest BCUT2D eigenvalue weighted by Crippen LogP contribution is 2.28. The van der Waals surface area contributed by atoms with Crippen LogP contribution in [0, 0.1) is 0 Å². The molecule has 1 fully saturated rings. The zero-order chi connectivity index (χ0) is 13.1. The molecule has 0 bridgehead atoms. The van der Waals surface area contributed by atoms with Gasteiger partial charge in [-0.05, 0) is 25.5 Å². The van der Waals surface area contributed by atoms with E-state index >= 15 is 0 Å². The number of aromatic nitrogens is 4. The van der Waals surface area contributed by atoms with E-state index < -0.39 is 0 Å². The molecule has 0 aliphatic heterocycles. The molecular weight excluding hydrogens is 238 g/mol. The second-order valence-electron chi connectivity index (χ2n) is 5.30. The van der Waals surface area contributed by atoms with Crippen molar-refractivity contribution in [2.24, 2.45) is 5.73 Å². The lowest BCUT2D eigenvalue weighted by atomic mass is 10.3. The van der Waals surface area contributed by atoms with Gasteiger partial charge in [0.05, 0.1) is 30.3 Å². The van der Waals surface area contributed by atoms with E-state index in [0.29, 0.717) is 12.6 Å². The molecule has 1 saturated carbocycles. The molecule has 2 N–H and O–H groups in total. The van der Waals surface area contributed by atoms with Gasteiger partial charge in [-0.15, -0.1) is 0 Å². The van der Waals surface area contributed by atoms with Crippen LogP contribution < -0.4 is 5.73 Å². The number of imidazole rings is 1. The van der Waals surface area contributed by atoms with Gasteiger partial charge in [-0.2, -0.15) is 5.10 Å². The van der Waals surface area contributed by atoms with E-state index in [1.165, 1.54) is 25.7 Å². The molecule has 102 valence electrons. The molecule has 0 radical (unpaired) electrons. The minimum Gasteiger partial charge on any atom is -0.331 e. The summed E-state index contributed by atoms with van der Waals surface area (Å²) in [7, 11) is 0. The Balaban J connectivity index is 1.65. The summed E-state index contributed by atoms with van der Waals surface area (Å²) in [5, 5.41) is 4.69. The minimum atomic E-state index is 0.615. The van der Waals surface area contributed by atoms with Crippen molar-refractivity contribution in [2.45, 2.75) is 44.7 Å². The fraction of sp³-hybridized carbons (Fsp3) is 0.571. The molecule has 2 aromatic rings. The van der Waals surface area contributed by atoms with E-state index in [0.717, 1.165) is 24.4 Å². The molecule has 0 unspecified atom stereocenters. The molecule has 0 saturated heterocycles. The molecule has 0 spiro atoms. The summed E-state index contributed by atoms with van der Waals surface area (Å²) in [6, 6.07) is 2.73. The summed E-state index contributed by atoms with van der Waals surface area (Å²) in [4.78, 5) is 4.33. The molecule has 5 nitrogen and oxygen atoms in total. The maximum atomic E-state index is 5.53. The molecule has 5 heteroatoms. The van der Waals surface area contributed by atoms with Gasteiger partial charge in [0.2, 0.25) is 0 Å². The molecular formula is C14H21N5. The summed E-state index contributed by atoms with van der Waals surface area (Å²) in [6.45, 7) is 1.44. The van der Waals surface area contributed by atoms with Gasteiger partial charge in [-0.1, -0.05) is 12.8 Å². The number of nitrogens with zero attached hydrogens (tertiary/aromatic N) is 4. The highest BCUT2D eigenvalue weighted by atomic mass is 15.3. The first kappa shape index (κ1) is 12.4. The van der Waals surface area contributed by atoms with Crippen molar-refractivity contribution in [3.8, 4) is 0 Å². The van der Waals surface area contributed by atoms with Crippen LogP contribution in [-0.2, 0) is 13.0 Å². The second-order valence-corrected chi connectivity index (χ2v) is 5.30. The molecule has 1 aliphatic rings. The number of hydrogen-bond acceptors (Lipinski definition) is 3. The summed E-state index contributed by atoms with van der Waals surface area (Å²) >= 11 is 0. The second kappa shape index (κ2) is 5.57. The molecule has 3 rings (SSSR count). The van der Waals surface area contributed by atoms with E-state index in [1.54, 1.807) is 0 Å². The smallest absolute Gasteiger partial charge is 0.0953 e. The van der Waals surface area contributed by atoms with Crippen LogP contribution in [-0.4, -0.2) is 25.9 Å². The van der Waals surface area contributed by atoms with Crippen LogP contribution in [0.5, 0.6) is 0 Å². The standard InChI is InChI=1S/C14H21N5/c15-7-5-12-9-18(11-16-12)10-13-6-8-19(17-13)14-3-1-2-4-14/h6,8-9,11,14H,1-5,7,10,15H2. The zero-order valence-corrected chi connectivity index (χ0v) is 11.2. The van der Waals surface area contributed by atoms with Crippen LogP contribution in [0.3, 0.4) is 0 Å². The number of rotatable bonds is 5. The lowest BCUT2D eigenvalue weighted by Crippen LogP contribution is -2.06. The van der Waals surface area contributed by atoms with E-state index in [9.17, 15) is 0 Å². The Morgan fingerprint density at radius 2 is 2.11 bits per heavy atom. The molecule has 2 heterocycles. The van der Waals surface area contributed by atoms with Crippen molar-refractivity contribution in [2.75, 3.05) is 6.54 Å². The highest BCUT2D eigenvalue weighted by molar-refractivity contribution is 5.04. The van der Waals surface area contributed by atoms with Crippen LogP contribution >= 0.6 is 0 Å². The summed E-state index contributed by atoms with van der Waals surface area (Å²) < 4.78 is 4.21. The number of nitrogens with two attached hydrogens (primary N) is 1. The minimum absolute atomic E-state index is 0.615. The molecule has 19 heavy (non-hydrogen) atoms. The van der Waals surface area contributed by atoms with Crippen molar-refractivity contribution >= 4 is 0 Å². The third-order valence-corrected chi connectivity index (χ3v) is 3.79. The largest absolute Gasteiger partial charge is 0.331 e. The Labute approximate surface area is 113 Å². The predicted molar refractivity (Wildman–Crippen MR) is 73.8 cm³/mol. The Bertz CT molecular complexity index is 521. The van der Waals surface area contributed by atoms with Gasteiger partial charge < -0.3 is 10.3 Å². The Morgan fingerprint density at radius 3 is 2.89 bits per heavy atom. The summed E-state index contributed by atoms with van der Waals surface area (Å²) in [6.07, 6.45) is 12.1. The maximum Gasteiger partial charge on any atom is 0.0953 e. The molecule has 1 aliphatic carbocycles. The zero-order valence-electron chi connectivity index (χ0n) is 11.2. The van der Waals surface area contributed by atoms with Crippen LogP contribution in [0.4, 0.5) is 0 Å². The Kier molecular flexibility index (Phi) is 3.64. The van der Waals surface area contributed by atoms with E-state index in [1.807, 2.05) is 6.33 Å². The van der Waals surface area contributed by atoms with Gasteiger partial charge in [-0.3, -0.25) is 4.68 Å². The Hall–Kier alpha value is -1.62. The Morgan fingerprint density at radius 1 is 1.26 bits per heavy atom. The van der Waals surface area contributed by atoms with Crippen LogP contribution in [0.25, 0.3) is 0 Å². The normalized spacial score (nSPS) is 16.3. The average Bonchev–Trinajstić information content (AvgIpc) is 3.10. The molecule has 0 atom stereocenters. The van der Waals surface area contributed by atoms with Crippen molar-refractivity contribution < 1.29 is 0 Å². The van der Waals surface area contributed by atoms with Gasteiger partial charge >= 0.3 is 0 Å². The van der Waals surface area contributed by atoms with E-state index in [-0.39, 0.29) is 0 Å². The fourth-order valence-corrected chi connectivity index (χ4v) is 2.79. The quantitative estimate of drug-likeness (QED) is 0.889. The first-order chi connectivity index (χ1) is 9.35. The SMILES string of the molecule is NCCc1cn(Cc2ccn(C3CCCC3)n2)cn1. The van der Waals surface area contributed by atoms with E-state index in [2.05, 4.69) is 37.8 Å². The highest BCUT2D eigenvalue weighted by Gasteiger charge is 2.17. The van der Waals surface area contributed by atoms with Gasteiger partial charge in [0.25, 0.3) is 0 Å². The van der Waals surface area contributed by atoms with Crippen LogP contribution in [0.15, 0.2) is 24.8 Å². The fourth-order valence-electron chi connectivity index (χ4n) is 2.79. The number of hydrogen-bond donors (Lipinski definition) is 1. The first-order valence-corrected chi connectivity index (χ1v) is 7.10. The van der Waals surface area contributed by atoms with E-state index in [4.69, 9.17) is 5.73 Å². The van der Waals surface area contributed by atoms with Gasteiger partial charge in [-0.25, -0.2) is 4.98 Å². The lowest BCUT2D eigenvalue weighted by molar-refractivity contribution is 0.461. The summed E-state index contributed by atoms with van der Waals surface area (Å²) in [5.74, 6) is 0. The van der Waals surface area contributed by atoms with Crippen molar-refractivity contribution in [3.05, 3.63) is 36.2 Å². The lowest BCUT2D eigenvalue weighted by Gasteiger charge is -2.08. The molecule has 0 amide bonds. The average molecular weight is 259 g/mol. The van der Waals surface area contributed by atoms with Crippen LogP contribution in [0.1, 0.15) is 43.1 Å². The van der Waals surface area contributed by atoms with Gasteiger partial charge in [0.15, 0.2) is 0 Å². The molecule has 0 aromatic carbocycles. The van der Waals surface area contributed by atoms with Crippen molar-refractivity contribution in [1.82, 2.24) is 19.3 Å². The van der Waals surface area contributed by atoms with Gasteiger partial charge in [0, 0.05) is 18.8 Å². The third kappa shape index (κ3) is 2.87. The molecule has 2 aromatic heterocycles. The first-order valence-electron chi connectivity index (χ1n) is 7.10. The van der Waals surface area contributed by atoms with Gasteiger partial charge in [0.1, 0.15) is 0 Å². The van der Waals surface area contributed by atoms with Crippen molar-refractivity contribution in [3.63, 3.8) is 0 Å². The van der Waals surface area contributed by atoms with Crippen LogP contribution in [0.2, 0.25) is 0 Å². The predicted octanol–water partition coefficient (Wildman–Crippen LogP) is 1.74. The third-order valence-electron chi connectivity index (χ3n) is 3.79. The van der Waals surface area contributed by atoms with Crippen molar-refractivity contribution in [1.29, 1.82) is 0 Å². The maximum absolute atomic E-state index is 5.53. The summed E-state index contributed by atoms with van der Waals surface area (Å²) in [5.41, 5.74) is 7.68.